The number of aromatic nitrogens is 3. The Bertz CT molecular complexity index is 1040. The number of nitrogens with zero attached hydrogens (tertiary/aromatic N) is 5. The Hall–Kier alpha value is -3.13. The second-order valence-electron chi connectivity index (χ2n) is 8.43. The van der Waals surface area contributed by atoms with Gasteiger partial charge in [0, 0.05) is 39.1 Å². The molecule has 2 aliphatic heterocycles. The monoisotopic (exact) mass is 435 g/mol. The van der Waals surface area contributed by atoms with Gasteiger partial charge in [-0.15, -0.1) is 10.2 Å². The summed E-state index contributed by atoms with van der Waals surface area (Å²) < 4.78 is 13.8. The number of aryl methyl sites for hydroxylation is 1. The number of rotatable bonds is 6. The van der Waals surface area contributed by atoms with Gasteiger partial charge in [-0.1, -0.05) is 24.6 Å². The van der Waals surface area contributed by atoms with E-state index in [1.165, 1.54) is 19.3 Å². The lowest BCUT2D eigenvalue weighted by Gasteiger charge is -2.34. The third-order valence-corrected chi connectivity index (χ3v) is 6.21. The summed E-state index contributed by atoms with van der Waals surface area (Å²) in [6.07, 6.45) is 4.68. The van der Waals surface area contributed by atoms with Gasteiger partial charge in [0.25, 0.3) is 5.91 Å². The van der Waals surface area contributed by atoms with Gasteiger partial charge in [-0.2, -0.15) is 0 Å². The molecule has 1 fully saturated rings. The molecule has 8 heteroatoms. The fraction of sp³-hybridized carbons (Fsp3) is 0.458. The molecule has 32 heavy (non-hydrogen) atoms. The lowest BCUT2D eigenvalue weighted by Crippen LogP contribution is -2.48. The van der Waals surface area contributed by atoms with E-state index >= 15 is 0 Å². The fourth-order valence-corrected chi connectivity index (χ4v) is 4.37. The van der Waals surface area contributed by atoms with E-state index in [0.717, 1.165) is 50.0 Å². The van der Waals surface area contributed by atoms with Crippen LogP contribution in [0.25, 0.3) is 0 Å². The maximum atomic E-state index is 12.9. The van der Waals surface area contributed by atoms with Gasteiger partial charge in [-0.25, -0.2) is 0 Å². The largest absolute Gasteiger partial charge is 0.486 e. The third-order valence-electron chi connectivity index (χ3n) is 6.21. The van der Waals surface area contributed by atoms with E-state index in [0.29, 0.717) is 31.2 Å². The molecule has 0 atom stereocenters. The van der Waals surface area contributed by atoms with Gasteiger partial charge in [0.1, 0.15) is 29.8 Å². The first-order valence-electron chi connectivity index (χ1n) is 11.5. The Balaban J connectivity index is 1.13. The molecule has 168 valence electrons. The summed E-state index contributed by atoms with van der Waals surface area (Å²) in [7, 11) is 0. The maximum absolute atomic E-state index is 12.9. The van der Waals surface area contributed by atoms with Crippen LogP contribution < -0.4 is 4.74 Å². The quantitative estimate of drug-likeness (QED) is 0.592. The van der Waals surface area contributed by atoms with Gasteiger partial charge in [0.05, 0.1) is 6.54 Å². The van der Waals surface area contributed by atoms with Crippen LogP contribution in [0.4, 0.5) is 0 Å². The summed E-state index contributed by atoms with van der Waals surface area (Å²) in [5, 5.41) is 8.84. The van der Waals surface area contributed by atoms with Crippen LogP contribution in [-0.4, -0.2) is 56.7 Å². The predicted octanol–water partition coefficient (Wildman–Crippen LogP) is 3.13. The minimum absolute atomic E-state index is 0.0630. The fourth-order valence-electron chi connectivity index (χ4n) is 4.37. The van der Waals surface area contributed by atoms with E-state index in [9.17, 15) is 4.79 Å². The van der Waals surface area contributed by atoms with Crippen molar-refractivity contribution >= 4 is 5.91 Å². The molecule has 0 spiro atoms. The number of piperazine rings is 1. The van der Waals surface area contributed by atoms with E-state index in [1.807, 2.05) is 41.3 Å². The highest BCUT2D eigenvalue weighted by molar-refractivity contribution is 5.91. The summed E-state index contributed by atoms with van der Waals surface area (Å²) >= 11 is 0. The van der Waals surface area contributed by atoms with E-state index in [1.54, 1.807) is 6.07 Å². The average molecular weight is 436 g/mol. The zero-order valence-electron chi connectivity index (χ0n) is 18.3. The molecule has 2 aliphatic rings. The molecule has 0 unspecified atom stereocenters. The summed E-state index contributed by atoms with van der Waals surface area (Å²) in [5.74, 6) is 3.90. The number of fused-ring (bicyclic) bond motifs is 1. The zero-order chi connectivity index (χ0) is 21.8. The number of ether oxygens (including phenoxy) is 1. The van der Waals surface area contributed by atoms with Crippen molar-refractivity contribution < 1.29 is 13.9 Å². The van der Waals surface area contributed by atoms with Gasteiger partial charge in [-0.05, 0) is 37.1 Å². The summed E-state index contributed by atoms with van der Waals surface area (Å²) in [6.45, 7) is 5.10. The van der Waals surface area contributed by atoms with Gasteiger partial charge in [0.15, 0.2) is 5.76 Å². The second kappa shape index (κ2) is 9.56. The number of amides is 1. The number of carbonyl (C=O) groups is 1. The first-order valence-corrected chi connectivity index (χ1v) is 11.5. The van der Waals surface area contributed by atoms with Crippen molar-refractivity contribution in [2.45, 2.75) is 45.4 Å². The van der Waals surface area contributed by atoms with Crippen molar-refractivity contribution in [2.24, 2.45) is 0 Å². The smallest absolute Gasteiger partial charge is 0.289 e. The van der Waals surface area contributed by atoms with E-state index in [4.69, 9.17) is 9.15 Å². The SMILES string of the molecule is O=C(c1ccc(COc2ccccc2)o1)N1CCN(Cc2nnc3n2CCCCC3)CC1. The highest BCUT2D eigenvalue weighted by Crippen LogP contribution is 2.18. The number of hydrogen-bond acceptors (Lipinski definition) is 6. The first-order chi connectivity index (χ1) is 15.8. The molecule has 1 aromatic carbocycles. The normalized spacial score (nSPS) is 17.1. The Morgan fingerprint density at radius 2 is 1.78 bits per heavy atom. The number of carbonyl (C=O) groups excluding carboxylic acids is 1. The Morgan fingerprint density at radius 1 is 0.938 bits per heavy atom. The molecule has 0 N–H and O–H groups in total. The van der Waals surface area contributed by atoms with Crippen molar-refractivity contribution in [1.82, 2.24) is 24.6 Å². The molecule has 0 saturated carbocycles. The zero-order valence-corrected chi connectivity index (χ0v) is 18.3. The molecule has 0 bridgehead atoms. The van der Waals surface area contributed by atoms with Crippen molar-refractivity contribution in [3.63, 3.8) is 0 Å². The highest BCUT2D eigenvalue weighted by atomic mass is 16.5. The maximum Gasteiger partial charge on any atom is 0.289 e. The molecule has 4 heterocycles. The molecule has 2 aromatic heterocycles. The second-order valence-corrected chi connectivity index (χ2v) is 8.43. The van der Waals surface area contributed by atoms with Gasteiger partial charge < -0.3 is 18.6 Å². The van der Waals surface area contributed by atoms with Gasteiger partial charge in [-0.3, -0.25) is 9.69 Å². The molecule has 1 saturated heterocycles. The molecule has 0 radical (unpaired) electrons. The third kappa shape index (κ3) is 4.70. The van der Waals surface area contributed by atoms with E-state index in [-0.39, 0.29) is 5.91 Å². The Labute approximate surface area is 187 Å². The summed E-state index contributed by atoms with van der Waals surface area (Å²) in [4.78, 5) is 17.1. The van der Waals surface area contributed by atoms with Crippen LogP contribution in [0.3, 0.4) is 0 Å². The standard InChI is InChI=1S/C24H29N5O3/c30-24(21-11-10-20(32-21)18-31-19-7-3-1-4-8-19)28-15-13-27(14-16-28)17-23-26-25-22-9-5-2-6-12-29(22)23/h1,3-4,7-8,10-11H,2,5-6,9,12-18H2. The number of para-hydroxylation sites is 1. The van der Waals surface area contributed by atoms with E-state index in [2.05, 4.69) is 19.7 Å². The van der Waals surface area contributed by atoms with Crippen LogP contribution in [0.15, 0.2) is 46.9 Å². The van der Waals surface area contributed by atoms with E-state index < -0.39 is 0 Å². The van der Waals surface area contributed by atoms with Crippen LogP contribution in [0.2, 0.25) is 0 Å². The first kappa shape index (κ1) is 20.8. The van der Waals surface area contributed by atoms with Gasteiger partial charge in [0.2, 0.25) is 0 Å². The molecule has 5 rings (SSSR count). The predicted molar refractivity (Wildman–Crippen MR) is 118 cm³/mol. The van der Waals surface area contributed by atoms with Crippen LogP contribution in [0.1, 0.15) is 47.2 Å². The molecule has 0 aliphatic carbocycles. The minimum atomic E-state index is -0.0630. The molecule has 3 aromatic rings. The van der Waals surface area contributed by atoms with Crippen LogP contribution >= 0.6 is 0 Å². The number of furan rings is 1. The van der Waals surface area contributed by atoms with Crippen LogP contribution in [0, 0.1) is 0 Å². The van der Waals surface area contributed by atoms with Crippen LogP contribution in [-0.2, 0) is 26.1 Å². The minimum Gasteiger partial charge on any atom is -0.486 e. The summed E-state index contributed by atoms with van der Waals surface area (Å²) in [5.41, 5.74) is 0. The average Bonchev–Trinajstić information content (AvgIpc) is 3.39. The molecule has 8 nitrogen and oxygen atoms in total. The lowest BCUT2D eigenvalue weighted by molar-refractivity contribution is 0.0589. The lowest BCUT2D eigenvalue weighted by atomic mass is 10.2. The highest BCUT2D eigenvalue weighted by Gasteiger charge is 2.26. The van der Waals surface area contributed by atoms with Crippen molar-refractivity contribution in [3.05, 3.63) is 65.6 Å². The molecular weight excluding hydrogens is 406 g/mol. The van der Waals surface area contributed by atoms with Crippen LogP contribution in [0.5, 0.6) is 5.75 Å². The van der Waals surface area contributed by atoms with Gasteiger partial charge >= 0.3 is 0 Å². The van der Waals surface area contributed by atoms with Crippen molar-refractivity contribution in [1.29, 1.82) is 0 Å². The van der Waals surface area contributed by atoms with Crippen molar-refractivity contribution in [2.75, 3.05) is 26.2 Å². The topological polar surface area (TPSA) is 76.6 Å². The molecular formula is C24H29N5O3. The Morgan fingerprint density at radius 3 is 2.62 bits per heavy atom. The Kier molecular flexibility index (Phi) is 6.20. The summed E-state index contributed by atoms with van der Waals surface area (Å²) in [6, 6.07) is 13.1. The molecule has 1 amide bonds. The number of benzene rings is 1. The number of hydrogen-bond donors (Lipinski definition) is 0. The van der Waals surface area contributed by atoms with Crippen molar-refractivity contribution in [3.8, 4) is 5.75 Å².